The van der Waals surface area contributed by atoms with Crippen molar-refractivity contribution >= 4 is 21.6 Å². The molecular formula is C11H10N2O4S. The highest BCUT2D eigenvalue weighted by Crippen LogP contribution is 2.15. The van der Waals surface area contributed by atoms with E-state index in [2.05, 4.69) is 5.32 Å². The number of nitrogens with one attached hydrogen (secondary N) is 1. The maximum atomic E-state index is 11.7. The Balaban J connectivity index is 2.23. The summed E-state index contributed by atoms with van der Waals surface area (Å²) in [5.41, 5.74) is 0.322. The Bertz CT molecular complexity index is 662. The van der Waals surface area contributed by atoms with Gasteiger partial charge < -0.3 is 9.73 Å². The molecule has 1 aromatic carbocycles. The second-order valence-electron chi connectivity index (χ2n) is 3.50. The third-order valence-corrected chi connectivity index (χ3v) is 3.08. The van der Waals surface area contributed by atoms with Crippen LogP contribution < -0.4 is 10.5 Å². The van der Waals surface area contributed by atoms with Crippen LogP contribution in [0.15, 0.2) is 52.0 Å². The molecular weight excluding hydrogens is 256 g/mol. The lowest BCUT2D eigenvalue weighted by Crippen LogP contribution is -2.14. The molecule has 2 rings (SSSR count). The molecule has 0 unspecified atom stereocenters. The number of primary sulfonamides is 1. The molecule has 0 saturated heterocycles. The van der Waals surface area contributed by atoms with E-state index in [9.17, 15) is 13.2 Å². The summed E-state index contributed by atoms with van der Waals surface area (Å²) in [5, 5.41) is 7.50. The van der Waals surface area contributed by atoms with E-state index in [1.807, 2.05) is 0 Å². The van der Waals surface area contributed by atoms with Gasteiger partial charge >= 0.3 is 0 Å². The standard InChI is InChI=1S/C11H10N2O4S/c12-18(15,16)9-4-1-3-8(7-9)13-11(14)10-5-2-6-17-10/h1-7H,(H,13,14)(H2,12,15,16). The summed E-state index contributed by atoms with van der Waals surface area (Å²) in [5.74, 6) is -0.331. The maximum absolute atomic E-state index is 11.7. The lowest BCUT2D eigenvalue weighted by Gasteiger charge is -2.04. The summed E-state index contributed by atoms with van der Waals surface area (Å²) < 4.78 is 27.2. The molecule has 0 bridgehead atoms. The van der Waals surface area contributed by atoms with Gasteiger partial charge in [-0.1, -0.05) is 6.07 Å². The first-order valence-electron chi connectivity index (χ1n) is 4.94. The first-order chi connectivity index (χ1) is 8.47. The van der Waals surface area contributed by atoms with Gasteiger partial charge in [0.1, 0.15) is 0 Å². The topological polar surface area (TPSA) is 102 Å². The first-order valence-corrected chi connectivity index (χ1v) is 6.49. The van der Waals surface area contributed by atoms with E-state index in [1.165, 1.54) is 30.5 Å². The number of furan rings is 1. The summed E-state index contributed by atoms with van der Waals surface area (Å²) in [6.45, 7) is 0. The smallest absolute Gasteiger partial charge is 0.291 e. The van der Waals surface area contributed by atoms with E-state index in [1.54, 1.807) is 12.1 Å². The first kappa shape index (κ1) is 12.3. The fraction of sp³-hybridized carbons (Fsp3) is 0. The van der Waals surface area contributed by atoms with Crippen molar-refractivity contribution in [1.29, 1.82) is 0 Å². The Morgan fingerprint density at radius 2 is 2.00 bits per heavy atom. The van der Waals surface area contributed by atoms with Crippen LogP contribution in [0, 0.1) is 0 Å². The van der Waals surface area contributed by atoms with Gasteiger partial charge in [-0.05, 0) is 30.3 Å². The van der Waals surface area contributed by atoms with Gasteiger partial charge in [-0.15, -0.1) is 0 Å². The van der Waals surface area contributed by atoms with E-state index >= 15 is 0 Å². The van der Waals surface area contributed by atoms with Crippen LogP contribution in [0.4, 0.5) is 5.69 Å². The molecule has 0 aliphatic rings. The van der Waals surface area contributed by atoms with Crippen LogP contribution >= 0.6 is 0 Å². The number of rotatable bonds is 3. The number of carbonyl (C=O) groups excluding carboxylic acids is 1. The van der Waals surface area contributed by atoms with E-state index < -0.39 is 15.9 Å². The molecule has 2 aromatic rings. The van der Waals surface area contributed by atoms with Gasteiger partial charge in [0.05, 0.1) is 11.2 Å². The lowest BCUT2D eigenvalue weighted by atomic mass is 10.3. The van der Waals surface area contributed by atoms with Crippen LogP contribution in [0.1, 0.15) is 10.6 Å². The molecule has 0 atom stereocenters. The van der Waals surface area contributed by atoms with Crippen molar-refractivity contribution in [3.05, 3.63) is 48.4 Å². The van der Waals surface area contributed by atoms with Crippen LogP contribution in [0.2, 0.25) is 0 Å². The van der Waals surface area contributed by atoms with E-state index in [0.717, 1.165) is 0 Å². The van der Waals surface area contributed by atoms with Crippen LogP contribution in [-0.4, -0.2) is 14.3 Å². The molecule has 7 heteroatoms. The maximum Gasteiger partial charge on any atom is 0.291 e. The molecule has 0 aliphatic carbocycles. The summed E-state index contributed by atoms with van der Waals surface area (Å²) in [7, 11) is -3.79. The normalized spacial score (nSPS) is 11.2. The average molecular weight is 266 g/mol. The molecule has 0 saturated carbocycles. The largest absolute Gasteiger partial charge is 0.459 e. The highest BCUT2D eigenvalue weighted by molar-refractivity contribution is 7.89. The van der Waals surface area contributed by atoms with Crippen LogP contribution in [0.3, 0.4) is 0 Å². The molecule has 3 N–H and O–H groups in total. The Hall–Kier alpha value is -2.12. The molecule has 0 aliphatic heterocycles. The quantitative estimate of drug-likeness (QED) is 0.870. The van der Waals surface area contributed by atoms with E-state index in [4.69, 9.17) is 9.56 Å². The number of hydrogen-bond donors (Lipinski definition) is 2. The predicted molar refractivity (Wildman–Crippen MR) is 64.5 cm³/mol. The van der Waals surface area contributed by atoms with Crippen LogP contribution in [-0.2, 0) is 10.0 Å². The molecule has 18 heavy (non-hydrogen) atoms. The van der Waals surface area contributed by atoms with Gasteiger partial charge in [0.2, 0.25) is 10.0 Å². The SMILES string of the molecule is NS(=O)(=O)c1cccc(NC(=O)c2ccco2)c1. The van der Waals surface area contributed by atoms with E-state index in [0.29, 0.717) is 5.69 Å². The van der Waals surface area contributed by atoms with Gasteiger partial charge in [-0.25, -0.2) is 13.6 Å². The summed E-state index contributed by atoms with van der Waals surface area (Å²) in [4.78, 5) is 11.6. The number of amides is 1. The minimum atomic E-state index is -3.79. The highest BCUT2D eigenvalue weighted by Gasteiger charge is 2.11. The van der Waals surface area contributed by atoms with Gasteiger partial charge in [-0.2, -0.15) is 0 Å². The molecule has 1 amide bonds. The third-order valence-electron chi connectivity index (χ3n) is 2.17. The zero-order chi connectivity index (χ0) is 13.2. The van der Waals surface area contributed by atoms with Crippen molar-refractivity contribution in [3.63, 3.8) is 0 Å². The number of sulfonamides is 1. The molecule has 6 nitrogen and oxygen atoms in total. The van der Waals surface area contributed by atoms with Crippen molar-refractivity contribution in [2.24, 2.45) is 5.14 Å². The summed E-state index contributed by atoms with van der Waals surface area (Å²) in [6.07, 6.45) is 1.37. The third kappa shape index (κ3) is 2.76. The number of hydrogen-bond acceptors (Lipinski definition) is 4. The summed E-state index contributed by atoms with van der Waals surface area (Å²) in [6, 6.07) is 8.73. The van der Waals surface area contributed by atoms with Gasteiger partial charge in [0, 0.05) is 5.69 Å². The molecule has 1 heterocycles. The molecule has 0 radical (unpaired) electrons. The molecule has 0 spiro atoms. The minimum absolute atomic E-state index is 0.0697. The van der Waals surface area contributed by atoms with Crippen molar-refractivity contribution in [3.8, 4) is 0 Å². The van der Waals surface area contributed by atoms with Crippen LogP contribution in [0.5, 0.6) is 0 Å². The van der Waals surface area contributed by atoms with Crippen molar-refractivity contribution in [2.45, 2.75) is 4.90 Å². The fourth-order valence-electron chi connectivity index (χ4n) is 1.35. The Morgan fingerprint density at radius 1 is 1.22 bits per heavy atom. The zero-order valence-electron chi connectivity index (χ0n) is 9.16. The summed E-state index contributed by atoms with van der Waals surface area (Å²) >= 11 is 0. The Kier molecular flexibility index (Phi) is 3.17. The fourth-order valence-corrected chi connectivity index (χ4v) is 1.91. The van der Waals surface area contributed by atoms with Crippen molar-refractivity contribution in [2.75, 3.05) is 5.32 Å². The van der Waals surface area contributed by atoms with Crippen molar-refractivity contribution < 1.29 is 17.6 Å². The zero-order valence-corrected chi connectivity index (χ0v) is 9.98. The van der Waals surface area contributed by atoms with Gasteiger partial charge in [0.15, 0.2) is 5.76 Å². The van der Waals surface area contributed by atoms with Gasteiger partial charge in [-0.3, -0.25) is 4.79 Å². The number of benzene rings is 1. The minimum Gasteiger partial charge on any atom is -0.459 e. The van der Waals surface area contributed by atoms with E-state index in [-0.39, 0.29) is 10.7 Å². The monoisotopic (exact) mass is 266 g/mol. The second kappa shape index (κ2) is 4.63. The number of carbonyl (C=O) groups is 1. The predicted octanol–water partition coefficient (Wildman–Crippen LogP) is 1.18. The molecule has 1 aromatic heterocycles. The number of anilines is 1. The Morgan fingerprint density at radius 3 is 2.61 bits per heavy atom. The van der Waals surface area contributed by atoms with Gasteiger partial charge in [0.25, 0.3) is 5.91 Å². The molecule has 0 fully saturated rings. The van der Waals surface area contributed by atoms with Crippen LogP contribution in [0.25, 0.3) is 0 Å². The second-order valence-corrected chi connectivity index (χ2v) is 5.07. The van der Waals surface area contributed by atoms with Crippen molar-refractivity contribution in [1.82, 2.24) is 0 Å². The number of nitrogens with two attached hydrogens (primary N) is 1. The average Bonchev–Trinajstić information content (AvgIpc) is 2.81. The highest BCUT2D eigenvalue weighted by atomic mass is 32.2. The molecule has 94 valence electrons. The lowest BCUT2D eigenvalue weighted by molar-refractivity contribution is 0.0996. The Labute approximate surface area is 103 Å².